The topological polar surface area (TPSA) is 64.4 Å². The van der Waals surface area contributed by atoms with Gasteiger partial charge in [0.2, 0.25) is 0 Å². The first-order valence-corrected chi connectivity index (χ1v) is 7.25. The zero-order chi connectivity index (χ0) is 15.6. The van der Waals surface area contributed by atoms with Crippen molar-refractivity contribution in [2.45, 2.75) is 52.6 Å². The van der Waals surface area contributed by atoms with Crippen LogP contribution in [0.3, 0.4) is 0 Å². The van der Waals surface area contributed by atoms with Crippen LogP contribution in [0.1, 0.15) is 46.4 Å². The number of aromatic nitrogens is 2. The van der Waals surface area contributed by atoms with Crippen molar-refractivity contribution in [2.75, 3.05) is 0 Å². The van der Waals surface area contributed by atoms with E-state index >= 15 is 0 Å². The molecule has 1 aromatic carbocycles. The normalized spacial score (nSPS) is 11.8. The standard InChI is InChI=1S/C16H22N2O3/c1-5-6-7-14-17-12-9-8-11(19)10-13(12)18(14)15(20)21-16(2,3)4/h8-10,19H,5-7H2,1-4H3. The van der Waals surface area contributed by atoms with Gasteiger partial charge in [0.25, 0.3) is 0 Å². The van der Waals surface area contributed by atoms with E-state index in [2.05, 4.69) is 11.9 Å². The molecule has 0 saturated heterocycles. The fourth-order valence-electron chi connectivity index (χ4n) is 2.13. The number of carbonyl (C=O) groups is 1. The SMILES string of the molecule is CCCCc1nc2ccc(O)cc2n1C(=O)OC(C)(C)C. The lowest BCUT2D eigenvalue weighted by Crippen LogP contribution is -2.28. The molecule has 0 aliphatic carbocycles. The van der Waals surface area contributed by atoms with Crippen LogP contribution >= 0.6 is 0 Å². The van der Waals surface area contributed by atoms with Gasteiger partial charge in [-0.25, -0.2) is 14.3 Å². The molecule has 0 bridgehead atoms. The summed E-state index contributed by atoms with van der Waals surface area (Å²) in [6.45, 7) is 7.57. The van der Waals surface area contributed by atoms with E-state index in [-0.39, 0.29) is 5.75 Å². The highest BCUT2D eigenvalue weighted by atomic mass is 16.6. The molecule has 1 aromatic heterocycles. The molecule has 21 heavy (non-hydrogen) atoms. The molecule has 1 heterocycles. The molecule has 0 aliphatic heterocycles. The van der Waals surface area contributed by atoms with Crippen LogP contribution in [0.25, 0.3) is 11.0 Å². The summed E-state index contributed by atoms with van der Waals surface area (Å²) in [6, 6.07) is 4.82. The highest BCUT2D eigenvalue weighted by Gasteiger charge is 2.23. The van der Waals surface area contributed by atoms with Crippen molar-refractivity contribution in [2.24, 2.45) is 0 Å². The van der Waals surface area contributed by atoms with E-state index in [1.54, 1.807) is 18.2 Å². The number of hydrogen-bond acceptors (Lipinski definition) is 4. The maximum absolute atomic E-state index is 12.4. The summed E-state index contributed by atoms with van der Waals surface area (Å²) >= 11 is 0. The van der Waals surface area contributed by atoms with Crippen LogP contribution in [0.4, 0.5) is 4.79 Å². The second kappa shape index (κ2) is 5.76. The Kier molecular flexibility index (Phi) is 4.21. The number of nitrogens with zero attached hydrogens (tertiary/aromatic N) is 2. The van der Waals surface area contributed by atoms with Crippen LogP contribution in [0.15, 0.2) is 18.2 Å². The lowest BCUT2D eigenvalue weighted by molar-refractivity contribution is 0.0539. The Bertz CT molecular complexity index is 653. The Hall–Kier alpha value is -2.04. The molecule has 5 heteroatoms. The Morgan fingerprint density at radius 2 is 2.10 bits per heavy atom. The Morgan fingerprint density at radius 1 is 1.38 bits per heavy atom. The van der Waals surface area contributed by atoms with Gasteiger partial charge in [-0.1, -0.05) is 13.3 Å². The van der Waals surface area contributed by atoms with Crippen LogP contribution in [0.5, 0.6) is 5.75 Å². The molecule has 5 nitrogen and oxygen atoms in total. The molecule has 0 spiro atoms. The van der Waals surface area contributed by atoms with Crippen molar-refractivity contribution in [1.29, 1.82) is 0 Å². The first-order chi connectivity index (χ1) is 9.81. The number of carbonyl (C=O) groups excluding carboxylic acids is 1. The van der Waals surface area contributed by atoms with Crippen molar-refractivity contribution in [3.05, 3.63) is 24.0 Å². The van der Waals surface area contributed by atoms with Crippen molar-refractivity contribution in [1.82, 2.24) is 9.55 Å². The van der Waals surface area contributed by atoms with E-state index in [4.69, 9.17) is 4.74 Å². The van der Waals surface area contributed by atoms with Crippen LogP contribution in [-0.2, 0) is 11.2 Å². The van der Waals surface area contributed by atoms with Gasteiger partial charge in [0, 0.05) is 12.5 Å². The van der Waals surface area contributed by atoms with Crippen LogP contribution in [0.2, 0.25) is 0 Å². The van der Waals surface area contributed by atoms with Gasteiger partial charge in [0.05, 0.1) is 11.0 Å². The van der Waals surface area contributed by atoms with Gasteiger partial charge < -0.3 is 9.84 Å². The molecule has 0 radical (unpaired) electrons. The predicted molar refractivity (Wildman–Crippen MR) is 81.6 cm³/mol. The van der Waals surface area contributed by atoms with Crippen molar-refractivity contribution >= 4 is 17.1 Å². The highest BCUT2D eigenvalue weighted by Crippen LogP contribution is 2.23. The number of hydrogen-bond donors (Lipinski definition) is 1. The second-order valence-electron chi connectivity index (χ2n) is 6.12. The number of benzene rings is 1. The molecule has 0 aliphatic rings. The zero-order valence-electron chi connectivity index (χ0n) is 13.0. The van der Waals surface area contributed by atoms with Gasteiger partial charge in [-0.3, -0.25) is 0 Å². The second-order valence-corrected chi connectivity index (χ2v) is 6.12. The van der Waals surface area contributed by atoms with E-state index in [0.717, 1.165) is 12.8 Å². The number of phenols is 1. The average molecular weight is 290 g/mol. The van der Waals surface area contributed by atoms with Gasteiger partial charge in [-0.15, -0.1) is 0 Å². The summed E-state index contributed by atoms with van der Waals surface area (Å²) in [5.41, 5.74) is 0.687. The molecule has 0 amide bonds. The molecule has 0 fully saturated rings. The third-order valence-corrected chi connectivity index (χ3v) is 3.04. The molecule has 0 unspecified atom stereocenters. The minimum atomic E-state index is -0.577. The molecule has 2 aromatic rings. The third-order valence-electron chi connectivity index (χ3n) is 3.04. The third kappa shape index (κ3) is 3.54. The summed E-state index contributed by atoms with van der Waals surface area (Å²) in [6.07, 6.45) is 2.20. The van der Waals surface area contributed by atoms with Crippen LogP contribution in [0, 0.1) is 0 Å². The zero-order valence-corrected chi connectivity index (χ0v) is 13.0. The van der Waals surface area contributed by atoms with Crippen molar-refractivity contribution < 1.29 is 14.6 Å². The largest absolute Gasteiger partial charge is 0.508 e. The smallest absolute Gasteiger partial charge is 0.420 e. The van der Waals surface area contributed by atoms with Gasteiger partial charge in [0.1, 0.15) is 17.2 Å². The number of phenolic OH excluding ortho intramolecular Hbond substituents is 1. The van der Waals surface area contributed by atoms with Gasteiger partial charge in [0.15, 0.2) is 0 Å². The average Bonchev–Trinajstić information content (AvgIpc) is 2.71. The molecule has 1 N–H and O–H groups in total. The molecule has 114 valence electrons. The molecule has 0 atom stereocenters. The molecular formula is C16H22N2O3. The summed E-state index contributed by atoms with van der Waals surface area (Å²) in [7, 11) is 0. The van der Waals surface area contributed by atoms with Gasteiger partial charge in [-0.2, -0.15) is 0 Å². The summed E-state index contributed by atoms with van der Waals surface area (Å²) in [5.74, 6) is 0.779. The number of ether oxygens (including phenoxy) is 1. The van der Waals surface area contributed by atoms with E-state index < -0.39 is 11.7 Å². The number of aryl methyl sites for hydroxylation is 1. The van der Waals surface area contributed by atoms with Crippen LogP contribution < -0.4 is 0 Å². The Morgan fingerprint density at radius 3 is 2.71 bits per heavy atom. The van der Waals surface area contributed by atoms with E-state index in [9.17, 15) is 9.90 Å². The lowest BCUT2D eigenvalue weighted by atomic mass is 10.2. The fraction of sp³-hybridized carbons (Fsp3) is 0.500. The van der Waals surface area contributed by atoms with Gasteiger partial charge >= 0.3 is 6.09 Å². The fourth-order valence-corrected chi connectivity index (χ4v) is 2.13. The van der Waals surface area contributed by atoms with E-state index in [1.165, 1.54) is 4.57 Å². The van der Waals surface area contributed by atoms with E-state index in [0.29, 0.717) is 23.3 Å². The number of rotatable bonds is 3. The number of fused-ring (bicyclic) bond motifs is 1. The van der Waals surface area contributed by atoms with Gasteiger partial charge in [-0.05, 0) is 39.3 Å². The Labute approximate surface area is 124 Å². The van der Waals surface area contributed by atoms with E-state index in [1.807, 2.05) is 20.8 Å². The van der Waals surface area contributed by atoms with Crippen molar-refractivity contribution in [3.63, 3.8) is 0 Å². The minimum absolute atomic E-state index is 0.106. The number of unbranched alkanes of at least 4 members (excludes halogenated alkanes) is 1. The lowest BCUT2D eigenvalue weighted by Gasteiger charge is -2.20. The van der Waals surface area contributed by atoms with Crippen LogP contribution in [-0.4, -0.2) is 26.4 Å². The monoisotopic (exact) mass is 290 g/mol. The first-order valence-electron chi connectivity index (χ1n) is 7.25. The highest BCUT2D eigenvalue weighted by molar-refractivity contribution is 5.88. The Balaban J connectivity index is 2.50. The molecule has 0 saturated carbocycles. The maximum Gasteiger partial charge on any atom is 0.420 e. The summed E-state index contributed by atoms with van der Waals surface area (Å²) in [4.78, 5) is 16.9. The quantitative estimate of drug-likeness (QED) is 0.932. The first kappa shape index (κ1) is 15.4. The number of imidazole rings is 1. The summed E-state index contributed by atoms with van der Waals surface area (Å²) < 4.78 is 6.92. The summed E-state index contributed by atoms with van der Waals surface area (Å²) in [5, 5.41) is 9.66. The number of aromatic hydroxyl groups is 1. The maximum atomic E-state index is 12.4. The predicted octanol–water partition coefficient (Wildman–Crippen LogP) is 3.87. The molecular weight excluding hydrogens is 268 g/mol. The molecule has 2 rings (SSSR count). The van der Waals surface area contributed by atoms with Crippen molar-refractivity contribution in [3.8, 4) is 5.75 Å². The minimum Gasteiger partial charge on any atom is -0.508 e.